The van der Waals surface area contributed by atoms with Gasteiger partial charge in [0, 0.05) is 23.8 Å². The molecule has 0 spiro atoms. The summed E-state index contributed by atoms with van der Waals surface area (Å²) in [5, 5.41) is 12.2. The number of anilines is 2. The number of nitrogens with two attached hydrogens (primary N) is 1. The van der Waals surface area contributed by atoms with Gasteiger partial charge in [-0.25, -0.2) is 9.78 Å². The molecule has 1 aromatic heterocycles. The molecule has 4 N–H and O–H groups in total. The summed E-state index contributed by atoms with van der Waals surface area (Å²) in [5.41, 5.74) is 6.44. The van der Waals surface area contributed by atoms with Gasteiger partial charge in [-0.05, 0) is 46.1 Å². The van der Waals surface area contributed by atoms with Crippen molar-refractivity contribution in [1.82, 2.24) is 14.5 Å². The Hall–Kier alpha value is -3.40. The van der Waals surface area contributed by atoms with Crippen LogP contribution in [-0.2, 0) is 16.1 Å². The Morgan fingerprint density at radius 2 is 2.00 bits per heavy atom. The van der Waals surface area contributed by atoms with Gasteiger partial charge in [-0.3, -0.25) is 14.2 Å². The largest absolute Gasteiger partial charge is 0.480 e. The number of hydrogen-bond donors (Lipinski definition) is 3. The van der Waals surface area contributed by atoms with E-state index < -0.39 is 24.0 Å². The molecule has 0 bridgehead atoms. The summed E-state index contributed by atoms with van der Waals surface area (Å²) in [4.78, 5) is 42.5. The zero-order chi connectivity index (χ0) is 22.4. The normalized spacial score (nSPS) is 11.0. The second kappa shape index (κ2) is 9.88. The highest BCUT2D eigenvalue weighted by Gasteiger charge is 2.17. The minimum atomic E-state index is -1.19. The summed E-state index contributed by atoms with van der Waals surface area (Å²) in [6.07, 6.45) is 1.38. The van der Waals surface area contributed by atoms with Crippen LogP contribution in [0.15, 0.2) is 29.2 Å². The van der Waals surface area contributed by atoms with Gasteiger partial charge >= 0.3 is 11.9 Å². The molecular weight excluding hydrogens is 390 g/mol. The molecule has 10 nitrogen and oxygen atoms in total. The molecule has 0 fully saturated rings. The SMILES string of the molecule is CC(C)Nc1ncc(-c2cc(N)cc(C(=O)OCCN(C)C)c2)n(CC(=O)O)c1=O. The van der Waals surface area contributed by atoms with Crippen LogP contribution in [0.3, 0.4) is 0 Å². The predicted octanol–water partition coefficient (Wildman–Crippen LogP) is 1.12. The van der Waals surface area contributed by atoms with Crippen molar-refractivity contribution in [2.75, 3.05) is 38.3 Å². The Balaban J connectivity index is 2.48. The van der Waals surface area contributed by atoms with Crippen molar-refractivity contribution < 1.29 is 19.4 Å². The van der Waals surface area contributed by atoms with Crippen LogP contribution in [0.2, 0.25) is 0 Å². The molecule has 0 atom stereocenters. The number of ether oxygens (including phenoxy) is 1. The number of carboxylic acids is 1. The van der Waals surface area contributed by atoms with E-state index in [-0.39, 0.29) is 35.4 Å². The van der Waals surface area contributed by atoms with E-state index in [0.29, 0.717) is 12.1 Å². The van der Waals surface area contributed by atoms with Crippen molar-refractivity contribution in [3.63, 3.8) is 0 Å². The quantitative estimate of drug-likeness (QED) is 0.404. The van der Waals surface area contributed by atoms with Crippen LogP contribution in [0.25, 0.3) is 11.3 Å². The number of benzene rings is 1. The fourth-order valence-electron chi connectivity index (χ4n) is 2.70. The van der Waals surface area contributed by atoms with Crippen molar-refractivity contribution in [3.8, 4) is 11.3 Å². The minimum Gasteiger partial charge on any atom is -0.480 e. The number of likely N-dealkylation sites (N-methyl/N-ethyl adjacent to an activating group) is 1. The third-order valence-corrected chi connectivity index (χ3v) is 4.03. The molecule has 162 valence electrons. The fourth-order valence-corrected chi connectivity index (χ4v) is 2.70. The number of nitrogens with zero attached hydrogens (tertiary/aromatic N) is 3. The molecular formula is C20H27N5O5. The lowest BCUT2D eigenvalue weighted by Gasteiger charge is -2.16. The van der Waals surface area contributed by atoms with Gasteiger partial charge in [0.05, 0.1) is 17.5 Å². The van der Waals surface area contributed by atoms with Crippen LogP contribution in [-0.4, -0.2) is 64.8 Å². The highest BCUT2D eigenvalue weighted by Crippen LogP contribution is 2.24. The maximum absolute atomic E-state index is 12.8. The van der Waals surface area contributed by atoms with Crippen molar-refractivity contribution in [3.05, 3.63) is 40.3 Å². The third-order valence-electron chi connectivity index (χ3n) is 4.03. The molecule has 0 saturated heterocycles. The summed E-state index contributed by atoms with van der Waals surface area (Å²) in [5.74, 6) is -1.71. The number of rotatable bonds is 9. The molecule has 0 radical (unpaired) electrons. The van der Waals surface area contributed by atoms with Crippen LogP contribution >= 0.6 is 0 Å². The molecule has 2 rings (SSSR count). The Bertz CT molecular complexity index is 984. The molecule has 0 aliphatic heterocycles. The monoisotopic (exact) mass is 417 g/mol. The van der Waals surface area contributed by atoms with E-state index in [9.17, 15) is 19.5 Å². The molecule has 2 aromatic rings. The van der Waals surface area contributed by atoms with Crippen LogP contribution in [0.5, 0.6) is 0 Å². The Morgan fingerprint density at radius 1 is 1.30 bits per heavy atom. The number of carbonyl (C=O) groups is 2. The molecule has 1 heterocycles. The molecule has 10 heteroatoms. The highest BCUT2D eigenvalue weighted by atomic mass is 16.5. The van der Waals surface area contributed by atoms with E-state index in [0.717, 1.165) is 4.57 Å². The molecule has 0 aliphatic carbocycles. The first-order valence-electron chi connectivity index (χ1n) is 9.39. The number of aromatic nitrogens is 2. The number of carboxylic acid groups (broad SMARTS) is 1. The topological polar surface area (TPSA) is 140 Å². The zero-order valence-corrected chi connectivity index (χ0v) is 17.5. The van der Waals surface area contributed by atoms with Crippen molar-refractivity contribution in [2.24, 2.45) is 0 Å². The maximum Gasteiger partial charge on any atom is 0.338 e. The van der Waals surface area contributed by atoms with Crippen LogP contribution in [0.1, 0.15) is 24.2 Å². The third kappa shape index (κ3) is 6.05. The molecule has 0 saturated carbocycles. The first kappa shape index (κ1) is 22.9. The molecule has 0 aliphatic rings. The number of carbonyl (C=O) groups excluding carboxylic acids is 1. The van der Waals surface area contributed by atoms with Crippen LogP contribution in [0.4, 0.5) is 11.5 Å². The zero-order valence-electron chi connectivity index (χ0n) is 17.5. The number of hydrogen-bond acceptors (Lipinski definition) is 8. The second-order valence-corrected chi connectivity index (χ2v) is 7.36. The van der Waals surface area contributed by atoms with E-state index in [1.807, 2.05) is 32.8 Å². The number of aliphatic carboxylic acids is 1. The molecule has 0 amide bonds. The van der Waals surface area contributed by atoms with Crippen molar-refractivity contribution in [2.45, 2.75) is 26.4 Å². The summed E-state index contributed by atoms with van der Waals surface area (Å²) in [7, 11) is 3.72. The van der Waals surface area contributed by atoms with Gasteiger partial charge in [-0.15, -0.1) is 0 Å². The number of nitrogen functional groups attached to an aromatic ring is 1. The van der Waals surface area contributed by atoms with Gasteiger partial charge in [-0.2, -0.15) is 0 Å². The fraction of sp³-hybridized carbons (Fsp3) is 0.400. The Labute approximate surface area is 174 Å². The Morgan fingerprint density at radius 3 is 2.60 bits per heavy atom. The lowest BCUT2D eigenvalue weighted by Crippen LogP contribution is -2.30. The van der Waals surface area contributed by atoms with Crippen molar-refractivity contribution in [1.29, 1.82) is 0 Å². The van der Waals surface area contributed by atoms with E-state index in [1.54, 1.807) is 6.07 Å². The van der Waals surface area contributed by atoms with Gasteiger partial charge in [0.1, 0.15) is 13.2 Å². The van der Waals surface area contributed by atoms with Gasteiger partial charge in [-0.1, -0.05) is 0 Å². The number of esters is 1. The van der Waals surface area contributed by atoms with Gasteiger partial charge in [0.2, 0.25) is 0 Å². The lowest BCUT2D eigenvalue weighted by atomic mass is 10.1. The molecule has 30 heavy (non-hydrogen) atoms. The minimum absolute atomic E-state index is 0.0437. The maximum atomic E-state index is 12.8. The lowest BCUT2D eigenvalue weighted by molar-refractivity contribution is -0.137. The van der Waals surface area contributed by atoms with Gasteiger partial charge < -0.3 is 25.8 Å². The van der Waals surface area contributed by atoms with E-state index in [2.05, 4.69) is 10.3 Å². The predicted molar refractivity (Wildman–Crippen MR) is 114 cm³/mol. The van der Waals surface area contributed by atoms with Gasteiger partial charge in [0.15, 0.2) is 5.82 Å². The van der Waals surface area contributed by atoms with Crippen LogP contribution in [0, 0.1) is 0 Å². The smallest absolute Gasteiger partial charge is 0.338 e. The highest BCUT2D eigenvalue weighted by molar-refractivity contribution is 5.92. The summed E-state index contributed by atoms with van der Waals surface area (Å²) >= 11 is 0. The summed E-state index contributed by atoms with van der Waals surface area (Å²) in [6.45, 7) is 3.87. The van der Waals surface area contributed by atoms with Gasteiger partial charge in [0.25, 0.3) is 5.56 Å². The summed E-state index contributed by atoms with van der Waals surface area (Å²) < 4.78 is 6.32. The first-order chi connectivity index (χ1) is 14.1. The van der Waals surface area contributed by atoms with E-state index in [1.165, 1.54) is 18.3 Å². The molecule has 0 unspecified atom stereocenters. The average Bonchev–Trinajstić information content (AvgIpc) is 2.63. The van der Waals surface area contributed by atoms with E-state index >= 15 is 0 Å². The van der Waals surface area contributed by atoms with E-state index in [4.69, 9.17) is 10.5 Å². The standard InChI is InChI=1S/C20H27N5O5/c1-12(2)23-18-19(28)25(11-17(26)27)16(10-22-18)13-7-14(9-15(21)8-13)20(29)30-6-5-24(3)4/h7-10,12H,5-6,11,21H2,1-4H3,(H,22,23)(H,26,27). The second-order valence-electron chi connectivity index (χ2n) is 7.36. The summed E-state index contributed by atoms with van der Waals surface area (Å²) in [6, 6.07) is 4.44. The van der Waals surface area contributed by atoms with Crippen molar-refractivity contribution >= 4 is 23.4 Å². The Kier molecular flexibility index (Phi) is 7.54. The van der Waals surface area contributed by atoms with Crippen LogP contribution < -0.4 is 16.6 Å². The average molecular weight is 417 g/mol. The molecule has 1 aromatic carbocycles. The first-order valence-corrected chi connectivity index (χ1v) is 9.39. The number of nitrogens with one attached hydrogen (secondary N) is 1.